The van der Waals surface area contributed by atoms with Gasteiger partial charge in [-0.25, -0.2) is 0 Å². The predicted octanol–water partition coefficient (Wildman–Crippen LogP) is 3.47. The van der Waals surface area contributed by atoms with E-state index in [9.17, 15) is 0 Å². The number of ether oxygens (including phenoxy) is 2. The molecule has 3 nitrogen and oxygen atoms in total. The third-order valence-electron chi connectivity index (χ3n) is 4.46. The van der Waals surface area contributed by atoms with Gasteiger partial charge in [0.05, 0.1) is 14.2 Å². The monoisotopic (exact) mass is 277 g/mol. The molecular formula is C17H27NO2. The average molecular weight is 277 g/mol. The van der Waals surface area contributed by atoms with Crippen LogP contribution >= 0.6 is 0 Å². The number of nitrogens with zero attached hydrogens (tertiary/aromatic N) is 1. The summed E-state index contributed by atoms with van der Waals surface area (Å²) in [4.78, 5) is 2.51. The van der Waals surface area contributed by atoms with E-state index in [2.05, 4.69) is 30.9 Å². The van der Waals surface area contributed by atoms with Crippen LogP contribution in [0.3, 0.4) is 0 Å². The van der Waals surface area contributed by atoms with Gasteiger partial charge in [0.2, 0.25) is 0 Å². The molecule has 0 saturated heterocycles. The molecular weight excluding hydrogens is 250 g/mol. The number of benzene rings is 1. The fourth-order valence-corrected chi connectivity index (χ4v) is 3.21. The maximum atomic E-state index is 5.47. The number of aryl methyl sites for hydroxylation is 1. The van der Waals surface area contributed by atoms with E-state index < -0.39 is 0 Å². The van der Waals surface area contributed by atoms with Crippen LogP contribution in [-0.2, 0) is 6.42 Å². The largest absolute Gasteiger partial charge is 0.493 e. The quantitative estimate of drug-likeness (QED) is 0.795. The van der Waals surface area contributed by atoms with Gasteiger partial charge in [-0.3, -0.25) is 0 Å². The summed E-state index contributed by atoms with van der Waals surface area (Å²) < 4.78 is 10.9. The van der Waals surface area contributed by atoms with Crippen molar-refractivity contribution in [2.24, 2.45) is 0 Å². The van der Waals surface area contributed by atoms with Gasteiger partial charge in [-0.15, -0.1) is 0 Å². The first-order chi connectivity index (χ1) is 9.73. The van der Waals surface area contributed by atoms with E-state index in [1.165, 1.54) is 24.0 Å². The molecule has 20 heavy (non-hydrogen) atoms. The molecule has 0 heterocycles. The molecule has 0 radical (unpaired) electrons. The van der Waals surface area contributed by atoms with Crippen LogP contribution in [0.15, 0.2) is 12.1 Å². The van der Waals surface area contributed by atoms with Crippen LogP contribution in [0.25, 0.3) is 0 Å². The van der Waals surface area contributed by atoms with E-state index in [0.717, 1.165) is 37.6 Å². The topological polar surface area (TPSA) is 21.7 Å². The van der Waals surface area contributed by atoms with Gasteiger partial charge in [0.25, 0.3) is 0 Å². The maximum Gasteiger partial charge on any atom is 0.161 e. The Morgan fingerprint density at radius 2 is 1.75 bits per heavy atom. The highest BCUT2D eigenvalue weighted by molar-refractivity contribution is 5.49. The van der Waals surface area contributed by atoms with Crippen molar-refractivity contribution < 1.29 is 9.47 Å². The third-order valence-corrected chi connectivity index (χ3v) is 4.46. The molecule has 1 aromatic carbocycles. The minimum absolute atomic E-state index is 0.624. The molecule has 1 aliphatic rings. The maximum absolute atomic E-state index is 5.47. The van der Waals surface area contributed by atoms with Crippen molar-refractivity contribution in [3.63, 3.8) is 0 Å². The van der Waals surface area contributed by atoms with Gasteiger partial charge in [0, 0.05) is 6.54 Å². The molecule has 0 unspecified atom stereocenters. The van der Waals surface area contributed by atoms with Crippen molar-refractivity contribution >= 4 is 0 Å². The molecule has 3 heteroatoms. The fourth-order valence-electron chi connectivity index (χ4n) is 3.21. The minimum atomic E-state index is 0.624. The molecule has 1 atom stereocenters. The Kier molecular flexibility index (Phi) is 5.30. The zero-order valence-electron chi connectivity index (χ0n) is 13.2. The van der Waals surface area contributed by atoms with Crippen LogP contribution in [0, 0.1) is 0 Å². The molecule has 0 bridgehead atoms. The second-order valence-electron chi connectivity index (χ2n) is 5.48. The van der Waals surface area contributed by atoms with Gasteiger partial charge in [0.15, 0.2) is 11.5 Å². The number of hydrogen-bond donors (Lipinski definition) is 0. The number of hydrogen-bond acceptors (Lipinski definition) is 3. The smallest absolute Gasteiger partial charge is 0.161 e. The lowest BCUT2D eigenvalue weighted by atomic mass is 9.82. The van der Waals surface area contributed by atoms with E-state index in [1.54, 1.807) is 14.2 Å². The first-order valence-electron chi connectivity index (χ1n) is 7.70. The second kappa shape index (κ2) is 6.98. The SMILES string of the molecule is CCN(CC)C[C@@H]1CCCc2cc(OC)c(OC)cc21. The molecule has 0 amide bonds. The van der Waals surface area contributed by atoms with E-state index in [1.807, 2.05) is 0 Å². The zero-order valence-corrected chi connectivity index (χ0v) is 13.2. The van der Waals surface area contributed by atoms with E-state index in [4.69, 9.17) is 9.47 Å². The fraction of sp³-hybridized carbons (Fsp3) is 0.647. The number of likely N-dealkylation sites (N-methyl/N-ethyl adjacent to an activating group) is 1. The van der Waals surface area contributed by atoms with E-state index in [0.29, 0.717) is 5.92 Å². The Balaban J connectivity index is 2.29. The van der Waals surface area contributed by atoms with Crippen LogP contribution in [0.1, 0.15) is 43.7 Å². The van der Waals surface area contributed by atoms with Gasteiger partial charge in [-0.1, -0.05) is 13.8 Å². The highest BCUT2D eigenvalue weighted by atomic mass is 16.5. The molecule has 0 fully saturated rings. The summed E-state index contributed by atoms with van der Waals surface area (Å²) in [5, 5.41) is 0. The molecule has 112 valence electrons. The lowest BCUT2D eigenvalue weighted by molar-refractivity contribution is 0.271. The van der Waals surface area contributed by atoms with E-state index >= 15 is 0 Å². The number of fused-ring (bicyclic) bond motifs is 1. The summed E-state index contributed by atoms with van der Waals surface area (Å²) in [7, 11) is 3.42. The van der Waals surface area contributed by atoms with Crippen LogP contribution in [0.2, 0.25) is 0 Å². The number of rotatable bonds is 6. The van der Waals surface area contributed by atoms with Crippen molar-refractivity contribution in [1.29, 1.82) is 0 Å². The Bertz CT molecular complexity index is 441. The van der Waals surface area contributed by atoms with Crippen LogP contribution < -0.4 is 9.47 Å². The molecule has 0 aromatic heterocycles. The lowest BCUT2D eigenvalue weighted by Gasteiger charge is -2.31. The second-order valence-corrected chi connectivity index (χ2v) is 5.48. The molecule has 0 N–H and O–H groups in total. The Labute approximate surface area is 122 Å². The normalized spacial score (nSPS) is 17.9. The van der Waals surface area contributed by atoms with Crippen molar-refractivity contribution in [2.45, 2.75) is 39.0 Å². The zero-order chi connectivity index (χ0) is 14.5. The van der Waals surface area contributed by atoms with Crippen molar-refractivity contribution in [2.75, 3.05) is 33.9 Å². The number of methoxy groups -OCH3 is 2. The highest BCUT2D eigenvalue weighted by Gasteiger charge is 2.24. The molecule has 1 aromatic rings. The van der Waals surface area contributed by atoms with Gasteiger partial charge < -0.3 is 14.4 Å². The molecule has 0 saturated carbocycles. The van der Waals surface area contributed by atoms with Crippen LogP contribution in [0.4, 0.5) is 0 Å². The molecule has 0 aliphatic heterocycles. The van der Waals surface area contributed by atoms with Crippen molar-refractivity contribution in [3.05, 3.63) is 23.3 Å². The Hall–Kier alpha value is -1.22. The van der Waals surface area contributed by atoms with Crippen molar-refractivity contribution in [3.8, 4) is 11.5 Å². The first kappa shape index (κ1) is 15.2. The third kappa shape index (κ3) is 3.09. The summed E-state index contributed by atoms with van der Waals surface area (Å²) in [6.45, 7) is 7.87. The van der Waals surface area contributed by atoms with Gasteiger partial charge in [0.1, 0.15) is 0 Å². The standard InChI is InChI=1S/C17H27NO2/c1-5-18(6-2)12-14-9-7-8-13-10-16(19-3)17(20-4)11-15(13)14/h10-11,14H,5-9,12H2,1-4H3/t14-/m0/s1. The minimum Gasteiger partial charge on any atom is -0.493 e. The Morgan fingerprint density at radius 1 is 1.10 bits per heavy atom. The van der Waals surface area contributed by atoms with Gasteiger partial charge in [-0.2, -0.15) is 0 Å². The van der Waals surface area contributed by atoms with Gasteiger partial charge in [-0.05, 0) is 61.5 Å². The van der Waals surface area contributed by atoms with Gasteiger partial charge >= 0.3 is 0 Å². The average Bonchev–Trinajstić information content (AvgIpc) is 2.51. The summed E-state index contributed by atoms with van der Waals surface area (Å²) in [5.41, 5.74) is 2.90. The summed E-state index contributed by atoms with van der Waals surface area (Å²) in [6.07, 6.45) is 3.71. The van der Waals surface area contributed by atoms with E-state index in [-0.39, 0.29) is 0 Å². The molecule has 2 rings (SSSR count). The summed E-state index contributed by atoms with van der Waals surface area (Å²) in [5.74, 6) is 2.34. The molecule has 1 aliphatic carbocycles. The Morgan fingerprint density at radius 3 is 2.35 bits per heavy atom. The predicted molar refractivity (Wildman–Crippen MR) is 83.0 cm³/mol. The molecule has 0 spiro atoms. The summed E-state index contributed by atoms with van der Waals surface area (Å²) in [6, 6.07) is 4.37. The van der Waals surface area contributed by atoms with Crippen molar-refractivity contribution in [1.82, 2.24) is 4.90 Å². The van der Waals surface area contributed by atoms with Crippen LogP contribution in [-0.4, -0.2) is 38.8 Å². The van der Waals surface area contributed by atoms with Crippen LogP contribution in [0.5, 0.6) is 11.5 Å². The first-order valence-corrected chi connectivity index (χ1v) is 7.70. The lowest BCUT2D eigenvalue weighted by Crippen LogP contribution is -2.30. The summed E-state index contributed by atoms with van der Waals surface area (Å²) >= 11 is 0. The highest BCUT2D eigenvalue weighted by Crippen LogP contribution is 2.39.